The molecule has 0 aromatic rings. The first-order valence-corrected chi connectivity index (χ1v) is 17.6. The highest BCUT2D eigenvalue weighted by Crippen LogP contribution is 2.23. The average Bonchev–Trinajstić information content (AvgIpc) is 4.11. The Kier molecular flexibility index (Phi) is 19.1. The average molecular weight is 877 g/mol. The van der Waals surface area contributed by atoms with Crippen LogP contribution < -0.4 is 66.1 Å². The van der Waals surface area contributed by atoms with E-state index in [-0.39, 0.29) is 33.7 Å². The molecule has 8 aliphatic heterocycles. The Bertz CT molecular complexity index is 2380. The maximum absolute atomic E-state index is 11.4. The van der Waals surface area contributed by atoms with E-state index in [1.165, 1.54) is 71.8 Å². The fourth-order valence-electron chi connectivity index (χ4n) is 4.87. The lowest BCUT2D eigenvalue weighted by Gasteiger charge is -2.17. The molecule has 16 N–H and O–H groups in total. The van der Waals surface area contributed by atoms with Crippen molar-refractivity contribution in [2.24, 2.45) is 56.4 Å². The van der Waals surface area contributed by atoms with E-state index in [4.69, 9.17) is 0 Å². The van der Waals surface area contributed by atoms with Gasteiger partial charge in [0.1, 0.15) is 74.3 Å². The van der Waals surface area contributed by atoms with E-state index in [2.05, 4.69) is 62.8 Å². The molecule has 30 heteroatoms. The molecule has 0 aromatic heterocycles. The number of quaternary nitrogens is 4. The third-order valence-corrected chi connectivity index (χ3v) is 8.41. The monoisotopic (exact) mass is 876 g/mol. The number of rotatable bonds is 2. The van der Waals surface area contributed by atoms with Crippen molar-refractivity contribution in [3.05, 3.63) is 67.2 Å². The van der Waals surface area contributed by atoms with Crippen LogP contribution >= 0.6 is 0 Å². The topological polar surface area (TPSA) is 477 Å². The quantitative estimate of drug-likeness (QED) is 0.125. The van der Waals surface area contributed by atoms with Gasteiger partial charge >= 0.3 is 22.8 Å². The molecule has 0 saturated carbocycles. The summed E-state index contributed by atoms with van der Waals surface area (Å²) >= 11 is 0. The summed E-state index contributed by atoms with van der Waals surface area (Å²) in [6, 6.07) is 0. The summed E-state index contributed by atoms with van der Waals surface area (Å²) in [6.07, 6.45) is 5.08. The van der Waals surface area contributed by atoms with Gasteiger partial charge in [-0.25, -0.2) is 59.0 Å². The van der Waals surface area contributed by atoms with E-state index in [1.54, 1.807) is 28.2 Å². The van der Waals surface area contributed by atoms with Crippen LogP contribution in [0.3, 0.4) is 0 Å². The normalized spacial score (nSPS) is 10.1. The van der Waals surface area contributed by atoms with Crippen LogP contribution in [0.5, 0.6) is 23.5 Å². The van der Waals surface area contributed by atoms with E-state index in [1.807, 2.05) is 0 Å². The summed E-state index contributed by atoms with van der Waals surface area (Å²) in [5.74, 6) is -0.320. The summed E-state index contributed by atoms with van der Waals surface area (Å²) in [5.41, 5.74) is 13.5. The van der Waals surface area contributed by atoms with Crippen LogP contribution in [0, 0.1) is 0 Å². The summed E-state index contributed by atoms with van der Waals surface area (Å²) in [5, 5.41) is 45.6. The molecule has 0 saturated heterocycles. The minimum absolute atomic E-state index is 0. The summed E-state index contributed by atoms with van der Waals surface area (Å²) < 4.78 is 9.23. The van der Waals surface area contributed by atoms with Crippen molar-refractivity contribution in [1.29, 1.82) is 0 Å². The van der Waals surface area contributed by atoms with Gasteiger partial charge in [0.05, 0.1) is 0 Å². The van der Waals surface area contributed by atoms with E-state index in [0.29, 0.717) is 23.3 Å². The number of hydrogen-bond acceptors (Lipinski definition) is 16. The molecule has 0 aliphatic carbocycles. The molecular formula is C32H52N20O10. The van der Waals surface area contributed by atoms with Crippen LogP contribution in [-0.4, -0.2) is 114 Å². The van der Waals surface area contributed by atoms with Crippen LogP contribution in [0.2, 0.25) is 0 Å². The van der Waals surface area contributed by atoms with Crippen molar-refractivity contribution in [2.75, 3.05) is 26.2 Å². The van der Waals surface area contributed by atoms with Crippen LogP contribution in [-0.2, 0) is 56.4 Å². The van der Waals surface area contributed by atoms with Gasteiger partial charge in [0, 0.05) is 56.4 Å². The van der Waals surface area contributed by atoms with Crippen molar-refractivity contribution in [2.45, 2.75) is 0 Å². The maximum Gasteiger partial charge on any atom is 0.328 e. The van der Waals surface area contributed by atoms with Crippen LogP contribution in [0.25, 0.3) is 46.1 Å². The van der Waals surface area contributed by atoms with Crippen molar-refractivity contribution in [1.82, 2.24) is 76.4 Å². The van der Waals surface area contributed by atoms with Gasteiger partial charge in [-0.2, -0.15) is 0 Å². The van der Waals surface area contributed by atoms with E-state index in [0.717, 1.165) is 44.4 Å². The zero-order valence-corrected chi connectivity index (χ0v) is 35.4. The molecule has 0 fully saturated rings. The van der Waals surface area contributed by atoms with Gasteiger partial charge in [0.15, 0.2) is 23.3 Å². The first-order chi connectivity index (χ1) is 28.3. The van der Waals surface area contributed by atoms with Crippen LogP contribution in [0.15, 0.2) is 44.5 Å². The first kappa shape index (κ1) is 52.4. The summed E-state index contributed by atoms with van der Waals surface area (Å²) in [4.78, 5) is 75.8. The van der Waals surface area contributed by atoms with Gasteiger partial charge in [-0.15, -0.1) is 0 Å². The largest absolute Gasteiger partial charge is 0.858 e. The SMILES string of the molecule is Cn1c2ncnc-2c([O-])n(C)c1=O.Cn1c2ncnc-2c([O-])n(C)c1=O.Cn1c2ncnc-2c([O-])n(C)c1=O.Cn1c2ncnc-2c([O-])n(C)c1=O.O.O.[NH3+]CC[NH3+].[NH3+]CC[NH3+]. The molecule has 0 radical (unpaired) electrons. The molecule has 30 nitrogen and oxygen atoms in total. The Morgan fingerprint density at radius 2 is 0.516 bits per heavy atom. The third-order valence-electron chi connectivity index (χ3n) is 8.41. The lowest BCUT2D eigenvalue weighted by Crippen LogP contribution is -2.64. The standard InChI is InChI=1S/4C7H8N4O2.2C2H8N2.2H2O/c4*1-10-5-4(8-3-9-5)6(12)11(2)7(10)13;2*3-1-2-4;;/h4*3,12H,1-2H3;2*1-4H2;2*1H2. The number of nitrogens with zero attached hydrogens (tertiary/aromatic N) is 16. The Morgan fingerprint density at radius 1 is 0.355 bits per heavy atom. The van der Waals surface area contributed by atoms with E-state index in [9.17, 15) is 39.6 Å². The second kappa shape index (κ2) is 22.7. The Labute approximate surface area is 349 Å². The van der Waals surface area contributed by atoms with Crippen molar-refractivity contribution in [3.8, 4) is 69.6 Å². The second-order valence-electron chi connectivity index (χ2n) is 12.4. The van der Waals surface area contributed by atoms with E-state index < -0.39 is 46.3 Å². The third kappa shape index (κ3) is 10.6. The zero-order valence-electron chi connectivity index (χ0n) is 35.4. The van der Waals surface area contributed by atoms with Gasteiger partial charge in [-0.1, -0.05) is 0 Å². The van der Waals surface area contributed by atoms with Gasteiger partial charge in [-0.3, -0.25) is 18.3 Å². The van der Waals surface area contributed by atoms with Gasteiger partial charge in [0.25, 0.3) is 0 Å². The van der Waals surface area contributed by atoms with Crippen molar-refractivity contribution < 1.29 is 54.3 Å². The highest BCUT2D eigenvalue weighted by molar-refractivity contribution is 5.58. The Morgan fingerprint density at radius 3 is 0.661 bits per heavy atom. The zero-order chi connectivity index (χ0) is 45.2. The molecule has 340 valence electrons. The molecule has 0 aromatic carbocycles. The summed E-state index contributed by atoms with van der Waals surface area (Å²) in [6.45, 7) is 3.83. The van der Waals surface area contributed by atoms with Crippen molar-refractivity contribution in [3.63, 3.8) is 0 Å². The van der Waals surface area contributed by atoms with E-state index >= 15 is 0 Å². The van der Waals surface area contributed by atoms with Crippen LogP contribution in [0.1, 0.15) is 0 Å². The second-order valence-corrected chi connectivity index (χ2v) is 12.4. The molecule has 0 amide bonds. The minimum Gasteiger partial charge on any atom is -0.858 e. The molecule has 8 rings (SSSR count). The lowest BCUT2D eigenvalue weighted by atomic mass is 10.4. The fraction of sp³-hybridized carbons (Fsp3) is 0.375. The minimum atomic E-state index is -0.407. The number of hydrogen-bond donors (Lipinski definition) is 4. The predicted molar refractivity (Wildman–Crippen MR) is 207 cm³/mol. The van der Waals surface area contributed by atoms with Gasteiger partial charge in [-0.05, 0) is 23.5 Å². The van der Waals surface area contributed by atoms with Crippen LogP contribution in [0.4, 0.5) is 0 Å². The predicted octanol–water partition coefficient (Wildman–Crippen LogP) is -11.9. The highest BCUT2D eigenvalue weighted by atomic mass is 16.3. The van der Waals surface area contributed by atoms with Gasteiger partial charge in [0.2, 0.25) is 0 Å². The molecule has 62 heavy (non-hydrogen) atoms. The van der Waals surface area contributed by atoms with Gasteiger partial charge < -0.3 is 72.6 Å². The highest BCUT2D eigenvalue weighted by Gasteiger charge is 2.16. The summed E-state index contributed by atoms with van der Waals surface area (Å²) in [7, 11) is 11.9. The molecule has 8 heterocycles. The number of aromatic nitrogens is 16. The smallest absolute Gasteiger partial charge is 0.328 e. The molecule has 0 unspecified atom stereocenters. The number of imidazole rings is 4. The molecule has 0 atom stereocenters. The molecule has 8 aliphatic rings. The van der Waals surface area contributed by atoms with Crippen molar-refractivity contribution >= 4 is 0 Å². The molecular weight excluding hydrogens is 824 g/mol. The maximum atomic E-state index is 11.4. The Hall–Kier alpha value is -7.64. The lowest BCUT2D eigenvalue weighted by molar-refractivity contribution is -0.453. The Balaban J connectivity index is 0.000000386. The fourth-order valence-corrected chi connectivity index (χ4v) is 4.87. The first-order valence-electron chi connectivity index (χ1n) is 17.6. The number of fused-ring (bicyclic) bond motifs is 4. The molecule has 0 bridgehead atoms. The molecule has 0 spiro atoms.